The van der Waals surface area contributed by atoms with E-state index in [-0.39, 0.29) is 12.1 Å². The van der Waals surface area contributed by atoms with E-state index in [1.165, 1.54) is 11.1 Å². The quantitative estimate of drug-likeness (QED) is 0.424. The third-order valence-electron chi connectivity index (χ3n) is 3.54. The van der Waals surface area contributed by atoms with Crippen LogP contribution in [0.5, 0.6) is 0 Å². The number of guanidine groups is 1. The van der Waals surface area contributed by atoms with Gasteiger partial charge >= 0.3 is 0 Å². The molecule has 2 N–H and O–H groups in total. The minimum Gasteiger partial charge on any atom is -0.357 e. The van der Waals surface area contributed by atoms with E-state index in [1.807, 2.05) is 13.8 Å². The Morgan fingerprint density at radius 3 is 2.80 bits per heavy atom. The first kappa shape index (κ1) is 19.3. The number of hydrogen-bond donors (Lipinski definition) is 2. The van der Waals surface area contributed by atoms with E-state index in [4.69, 9.17) is 0 Å². The van der Waals surface area contributed by atoms with Gasteiger partial charge in [-0.25, -0.2) is 18.8 Å². The Morgan fingerprint density at radius 1 is 1.24 bits per heavy atom. The van der Waals surface area contributed by atoms with E-state index in [0.717, 1.165) is 43.6 Å². The number of halogens is 2. The fourth-order valence-corrected chi connectivity index (χ4v) is 3.11. The van der Waals surface area contributed by atoms with Crippen LogP contribution in [0.4, 0.5) is 8.78 Å². The Labute approximate surface area is 151 Å². The van der Waals surface area contributed by atoms with Gasteiger partial charge in [0.1, 0.15) is 11.6 Å². The fraction of sp³-hybridized carbons (Fsp3) is 0.444. The van der Waals surface area contributed by atoms with Gasteiger partial charge in [-0.2, -0.15) is 0 Å². The molecule has 0 aliphatic heterocycles. The molecule has 0 saturated heterocycles. The Bertz CT molecular complexity index is 700. The molecular weight excluding hydrogens is 342 g/mol. The molecule has 0 saturated carbocycles. The number of aromatic nitrogens is 1. The molecular formula is C18H24F2N4S. The second-order valence-electron chi connectivity index (χ2n) is 5.70. The van der Waals surface area contributed by atoms with Crippen molar-refractivity contribution in [2.24, 2.45) is 4.99 Å². The van der Waals surface area contributed by atoms with E-state index in [0.29, 0.717) is 12.5 Å². The van der Waals surface area contributed by atoms with Crippen LogP contribution >= 0.6 is 11.3 Å². The molecule has 0 aliphatic carbocycles. The van der Waals surface area contributed by atoms with Gasteiger partial charge in [-0.3, -0.25) is 0 Å². The summed E-state index contributed by atoms with van der Waals surface area (Å²) in [5.41, 5.74) is 1.32. The van der Waals surface area contributed by atoms with Crippen molar-refractivity contribution >= 4 is 17.3 Å². The minimum absolute atomic E-state index is 0.0946. The first-order valence-corrected chi connectivity index (χ1v) is 9.33. The molecule has 0 spiro atoms. The van der Waals surface area contributed by atoms with E-state index in [1.54, 1.807) is 11.3 Å². The van der Waals surface area contributed by atoms with Gasteiger partial charge in [-0.1, -0.05) is 0 Å². The average molecular weight is 366 g/mol. The molecule has 0 radical (unpaired) electrons. The Kier molecular flexibility index (Phi) is 7.78. The number of thiazole rings is 1. The van der Waals surface area contributed by atoms with Crippen LogP contribution in [0.15, 0.2) is 28.6 Å². The molecule has 0 unspecified atom stereocenters. The largest absolute Gasteiger partial charge is 0.357 e. The van der Waals surface area contributed by atoms with E-state index >= 15 is 0 Å². The van der Waals surface area contributed by atoms with Crippen LogP contribution in [0, 0.1) is 18.6 Å². The van der Waals surface area contributed by atoms with Gasteiger partial charge in [0.25, 0.3) is 0 Å². The number of aryl methyl sites for hydroxylation is 2. The third-order valence-corrected chi connectivity index (χ3v) is 4.56. The molecule has 1 aromatic carbocycles. The zero-order valence-electron chi connectivity index (χ0n) is 14.6. The summed E-state index contributed by atoms with van der Waals surface area (Å²) < 4.78 is 26.8. The first-order chi connectivity index (χ1) is 12.1. The third kappa shape index (κ3) is 6.78. The Balaban J connectivity index is 1.78. The van der Waals surface area contributed by atoms with E-state index < -0.39 is 11.6 Å². The van der Waals surface area contributed by atoms with Crippen molar-refractivity contribution in [2.45, 2.75) is 39.7 Å². The van der Waals surface area contributed by atoms with Crippen molar-refractivity contribution in [3.05, 3.63) is 51.5 Å². The Hall–Kier alpha value is -2.02. The summed E-state index contributed by atoms with van der Waals surface area (Å²) in [7, 11) is 0. The lowest BCUT2D eigenvalue weighted by Gasteiger charge is -2.11. The summed E-state index contributed by atoms with van der Waals surface area (Å²) in [6.45, 7) is 5.53. The predicted octanol–water partition coefficient (Wildman–Crippen LogP) is 3.81. The van der Waals surface area contributed by atoms with Gasteiger partial charge < -0.3 is 10.6 Å². The highest BCUT2D eigenvalue weighted by atomic mass is 32.1. The summed E-state index contributed by atoms with van der Waals surface area (Å²) in [5, 5.41) is 9.56. The van der Waals surface area contributed by atoms with Crippen molar-refractivity contribution in [1.82, 2.24) is 15.6 Å². The molecule has 2 aromatic rings. The fourth-order valence-electron chi connectivity index (χ4n) is 2.30. The van der Waals surface area contributed by atoms with Gasteiger partial charge in [-0.05, 0) is 51.3 Å². The molecule has 0 bridgehead atoms. The molecule has 0 atom stereocenters. The molecule has 0 aliphatic rings. The smallest absolute Gasteiger partial charge is 0.191 e. The summed E-state index contributed by atoms with van der Waals surface area (Å²) >= 11 is 1.70. The average Bonchev–Trinajstić information content (AvgIpc) is 3.00. The van der Waals surface area contributed by atoms with Crippen molar-refractivity contribution in [3.63, 3.8) is 0 Å². The highest BCUT2D eigenvalue weighted by molar-refractivity contribution is 7.09. The maximum atomic E-state index is 13.6. The van der Waals surface area contributed by atoms with Crippen LogP contribution in [0.2, 0.25) is 0 Å². The molecule has 2 rings (SSSR count). The number of nitrogens with one attached hydrogen (secondary N) is 2. The van der Waals surface area contributed by atoms with Crippen LogP contribution in [0.1, 0.15) is 36.0 Å². The number of rotatable bonds is 8. The predicted molar refractivity (Wildman–Crippen MR) is 99.0 cm³/mol. The highest BCUT2D eigenvalue weighted by Gasteiger charge is 2.04. The van der Waals surface area contributed by atoms with Crippen LogP contribution in [-0.4, -0.2) is 24.0 Å². The standard InChI is InChI=1S/C18H24F2N4S/c1-3-21-18(23-11-14-10-15(19)7-8-16(14)20)22-9-5-4-6-17-24-13(2)12-25-17/h7-8,10,12H,3-6,9,11H2,1-2H3,(H2,21,22,23). The number of benzene rings is 1. The molecule has 1 heterocycles. The molecule has 0 amide bonds. The lowest BCUT2D eigenvalue weighted by molar-refractivity contribution is 0.585. The summed E-state index contributed by atoms with van der Waals surface area (Å²) in [4.78, 5) is 8.77. The Morgan fingerprint density at radius 2 is 2.08 bits per heavy atom. The number of unbranched alkanes of at least 4 members (excludes halogenated alkanes) is 1. The van der Waals surface area contributed by atoms with Crippen LogP contribution in [0.3, 0.4) is 0 Å². The van der Waals surface area contributed by atoms with E-state index in [2.05, 4.69) is 26.0 Å². The zero-order valence-corrected chi connectivity index (χ0v) is 15.4. The molecule has 25 heavy (non-hydrogen) atoms. The lowest BCUT2D eigenvalue weighted by Crippen LogP contribution is -2.37. The normalized spacial score (nSPS) is 11.6. The van der Waals surface area contributed by atoms with Crippen LogP contribution in [0.25, 0.3) is 0 Å². The SMILES string of the molecule is CCNC(=NCc1cc(F)ccc1F)NCCCCc1nc(C)cs1. The van der Waals surface area contributed by atoms with Gasteiger partial charge in [0.2, 0.25) is 0 Å². The molecule has 4 nitrogen and oxygen atoms in total. The van der Waals surface area contributed by atoms with Crippen LogP contribution in [-0.2, 0) is 13.0 Å². The monoisotopic (exact) mass is 366 g/mol. The molecule has 1 aromatic heterocycles. The maximum Gasteiger partial charge on any atom is 0.191 e. The highest BCUT2D eigenvalue weighted by Crippen LogP contribution is 2.12. The maximum absolute atomic E-state index is 13.6. The number of nitrogens with zero attached hydrogens (tertiary/aromatic N) is 2. The second kappa shape index (κ2) is 10.1. The van der Waals surface area contributed by atoms with Crippen molar-refractivity contribution in [2.75, 3.05) is 13.1 Å². The lowest BCUT2D eigenvalue weighted by atomic mass is 10.2. The van der Waals surface area contributed by atoms with Crippen LogP contribution < -0.4 is 10.6 Å². The second-order valence-corrected chi connectivity index (χ2v) is 6.64. The van der Waals surface area contributed by atoms with Crippen molar-refractivity contribution in [3.8, 4) is 0 Å². The van der Waals surface area contributed by atoms with E-state index in [9.17, 15) is 8.78 Å². The van der Waals surface area contributed by atoms with Gasteiger partial charge in [0.15, 0.2) is 5.96 Å². The molecule has 0 fully saturated rings. The zero-order chi connectivity index (χ0) is 18.1. The first-order valence-electron chi connectivity index (χ1n) is 8.45. The summed E-state index contributed by atoms with van der Waals surface area (Å²) in [6.07, 6.45) is 3.00. The minimum atomic E-state index is -0.456. The summed E-state index contributed by atoms with van der Waals surface area (Å²) in [6, 6.07) is 3.41. The topological polar surface area (TPSA) is 49.3 Å². The molecule has 7 heteroatoms. The summed E-state index contributed by atoms with van der Waals surface area (Å²) in [5.74, 6) is -0.294. The van der Waals surface area contributed by atoms with Gasteiger partial charge in [0, 0.05) is 29.7 Å². The van der Waals surface area contributed by atoms with Gasteiger partial charge in [-0.15, -0.1) is 11.3 Å². The van der Waals surface area contributed by atoms with Crippen molar-refractivity contribution in [1.29, 1.82) is 0 Å². The molecule has 136 valence electrons. The number of hydrogen-bond acceptors (Lipinski definition) is 3. The number of aliphatic imine (C=N–C) groups is 1. The van der Waals surface area contributed by atoms with Crippen molar-refractivity contribution < 1.29 is 8.78 Å². The van der Waals surface area contributed by atoms with Gasteiger partial charge in [0.05, 0.1) is 11.6 Å².